The Morgan fingerprint density at radius 2 is 1.60 bits per heavy atom. The second-order valence-electron chi connectivity index (χ2n) is 2.34. The summed E-state index contributed by atoms with van der Waals surface area (Å²) in [7, 11) is -5.85. The summed E-state index contributed by atoms with van der Waals surface area (Å²) in [6.45, 7) is 1.87. The van der Waals surface area contributed by atoms with Crippen molar-refractivity contribution >= 4 is 16.5 Å². The van der Waals surface area contributed by atoms with E-state index in [0.717, 1.165) is 5.56 Å². The van der Waals surface area contributed by atoms with Crippen LogP contribution >= 0.6 is 16.5 Å². The highest BCUT2D eigenvalue weighted by molar-refractivity contribution is 7.46. The van der Waals surface area contributed by atoms with Gasteiger partial charge in [0.2, 0.25) is 0 Å². The minimum absolute atomic E-state index is 0.368. The van der Waals surface area contributed by atoms with E-state index in [1.807, 2.05) is 25.1 Å². The molecule has 15 heavy (non-hydrogen) atoms. The first-order valence-electron chi connectivity index (χ1n) is 3.68. The number of hydrogen-bond donors (Lipinski definition) is 3. The average Bonchev–Trinajstić information content (AvgIpc) is 2.08. The van der Waals surface area contributed by atoms with E-state index < -0.39 is 16.5 Å². The van der Waals surface area contributed by atoms with Crippen LogP contribution in [0.2, 0.25) is 0 Å². The molecule has 0 aromatic heterocycles. The Balaban J connectivity index is 0.000000265. The minimum atomic E-state index is -2.92. The molecule has 1 aromatic carbocycles. The normalized spacial score (nSPS) is 11.1. The number of hydrogen-bond acceptors (Lipinski definition) is 4. The van der Waals surface area contributed by atoms with Gasteiger partial charge < -0.3 is 5.11 Å². The van der Waals surface area contributed by atoms with Crippen molar-refractivity contribution in [2.45, 2.75) is 6.92 Å². The average molecular weight is 252 g/mol. The number of aromatic hydroxyl groups is 1. The van der Waals surface area contributed by atoms with Gasteiger partial charge in [-0.2, -0.15) is 0 Å². The molecule has 8 heteroatoms. The third-order valence-corrected chi connectivity index (χ3v) is 2.37. The highest BCUT2D eigenvalue weighted by Gasteiger charge is 2.31. The second kappa shape index (κ2) is 7.40. The molecule has 0 aliphatic carbocycles. The molecule has 1 aromatic rings. The maximum atomic E-state index is 9.39. The third kappa shape index (κ3) is 8.12. The van der Waals surface area contributed by atoms with Crippen LogP contribution < -0.4 is 0 Å². The summed E-state index contributed by atoms with van der Waals surface area (Å²) in [4.78, 5) is 15.3. The van der Waals surface area contributed by atoms with Gasteiger partial charge in [-0.15, -0.1) is 9.79 Å². The Labute approximate surface area is 88.1 Å². The van der Waals surface area contributed by atoms with Gasteiger partial charge in [-0.1, -0.05) is 18.2 Å². The van der Waals surface area contributed by atoms with Crippen LogP contribution in [-0.2, 0) is 13.4 Å². The zero-order chi connectivity index (χ0) is 11.8. The van der Waals surface area contributed by atoms with Crippen molar-refractivity contribution in [1.29, 1.82) is 0 Å². The second-order valence-corrected chi connectivity index (χ2v) is 3.95. The predicted molar refractivity (Wildman–Crippen MR) is 53.6 cm³/mol. The van der Waals surface area contributed by atoms with E-state index in [0.29, 0.717) is 5.75 Å². The topological polar surface area (TPSA) is 104 Å². The fourth-order valence-electron chi connectivity index (χ4n) is 0.623. The Bertz CT molecular complexity index is 320. The van der Waals surface area contributed by atoms with Gasteiger partial charge in [0.1, 0.15) is 5.75 Å². The van der Waals surface area contributed by atoms with Crippen LogP contribution in [0.1, 0.15) is 5.56 Å². The SMILES string of the molecule is Cc1ccccc1O.O=[P+](O)O[P+](=O)O. The maximum absolute atomic E-state index is 9.39. The minimum Gasteiger partial charge on any atom is -0.508 e. The molecule has 3 N–H and O–H groups in total. The fourth-order valence-corrected chi connectivity index (χ4v) is 1.10. The van der Waals surface area contributed by atoms with Gasteiger partial charge in [0, 0.05) is 9.13 Å². The van der Waals surface area contributed by atoms with Crippen molar-refractivity contribution in [2.75, 3.05) is 0 Å². The van der Waals surface area contributed by atoms with Crippen molar-refractivity contribution in [3.05, 3.63) is 29.8 Å². The summed E-state index contributed by atoms with van der Waals surface area (Å²) in [6.07, 6.45) is 0. The van der Waals surface area contributed by atoms with E-state index in [2.05, 4.69) is 4.31 Å². The summed E-state index contributed by atoms with van der Waals surface area (Å²) in [5.74, 6) is 0.368. The van der Waals surface area contributed by atoms with Crippen molar-refractivity contribution < 1.29 is 28.3 Å². The lowest BCUT2D eigenvalue weighted by Gasteiger charge is -1.92. The van der Waals surface area contributed by atoms with Gasteiger partial charge in [0.05, 0.1) is 0 Å². The Kier molecular flexibility index (Phi) is 6.96. The van der Waals surface area contributed by atoms with Gasteiger partial charge in [-0.3, -0.25) is 0 Å². The molecule has 0 spiro atoms. The summed E-state index contributed by atoms with van der Waals surface area (Å²) in [6, 6.07) is 7.25. The van der Waals surface area contributed by atoms with Crippen LogP contribution in [0.4, 0.5) is 0 Å². The predicted octanol–water partition coefficient (Wildman–Crippen LogP) is 2.00. The molecule has 1 rings (SSSR count). The van der Waals surface area contributed by atoms with E-state index in [1.54, 1.807) is 6.07 Å². The molecule has 2 unspecified atom stereocenters. The molecular weight excluding hydrogens is 242 g/mol. The summed E-state index contributed by atoms with van der Waals surface area (Å²) in [5, 5.41) is 8.92. The van der Waals surface area contributed by atoms with Gasteiger partial charge in [-0.05, 0) is 18.6 Å². The molecule has 0 amide bonds. The van der Waals surface area contributed by atoms with Crippen molar-refractivity contribution in [1.82, 2.24) is 0 Å². The van der Waals surface area contributed by atoms with Crippen LogP contribution in [0, 0.1) is 6.92 Å². The zero-order valence-corrected chi connectivity index (χ0v) is 9.56. The molecule has 0 saturated heterocycles. The van der Waals surface area contributed by atoms with Crippen molar-refractivity contribution in [3.8, 4) is 5.75 Å². The monoisotopic (exact) mass is 252 g/mol. The summed E-state index contributed by atoms with van der Waals surface area (Å²) in [5.41, 5.74) is 0.924. The number of benzene rings is 1. The first-order chi connectivity index (χ1) is 6.93. The lowest BCUT2D eigenvalue weighted by molar-refractivity contribution is 0.371. The van der Waals surface area contributed by atoms with Gasteiger partial charge in [-0.25, -0.2) is 0 Å². The molecule has 0 aliphatic rings. The lowest BCUT2D eigenvalue weighted by atomic mass is 10.2. The standard InChI is InChI=1S/C7H8O.O5P2/c1-6-4-2-3-5-7(6)8;1-6(2)5-7(3)4/h2-5,8H,1H3;/p+2. The molecule has 0 bridgehead atoms. The maximum Gasteiger partial charge on any atom is 0.745 e. The molecule has 0 fully saturated rings. The Morgan fingerprint density at radius 1 is 1.13 bits per heavy atom. The van der Waals surface area contributed by atoms with E-state index in [9.17, 15) is 9.13 Å². The molecule has 0 saturated carbocycles. The van der Waals surface area contributed by atoms with Gasteiger partial charge in [0.25, 0.3) is 0 Å². The molecule has 2 atom stereocenters. The highest BCUT2D eigenvalue weighted by Crippen LogP contribution is 2.30. The molecular formula is C7H10O6P2+2. The van der Waals surface area contributed by atoms with E-state index in [-0.39, 0.29) is 0 Å². The molecule has 82 valence electrons. The van der Waals surface area contributed by atoms with Crippen molar-refractivity contribution in [2.24, 2.45) is 0 Å². The van der Waals surface area contributed by atoms with E-state index in [1.165, 1.54) is 0 Å². The summed E-state index contributed by atoms with van der Waals surface area (Å²) >= 11 is 0. The van der Waals surface area contributed by atoms with Crippen LogP contribution in [-0.4, -0.2) is 14.9 Å². The van der Waals surface area contributed by atoms with E-state index >= 15 is 0 Å². The van der Waals surface area contributed by atoms with Crippen LogP contribution in [0.25, 0.3) is 0 Å². The third-order valence-electron chi connectivity index (χ3n) is 1.26. The summed E-state index contributed by atoms with van der Waals surface area (Å²) < 4.78 is 22.2. The fraction of sp³-hybridized carbons (Fsp3) is 0.143. The largest absolute Gasteiger partial charge is 0.745 e. The van der Waals surface area contributed by atoms with Crippen LogP contribution in [0.15, 0.2) is 24.3 Å². The molecule has 6 nitrogen and oxygen atoms in total. The molecule has 0 radical (unpaired) electrons. The number of aryl methyl sites for hydroxylation is 1. The van der Waals surface area contributed by atoms with Crippen LogP contribution in [0.5, 0.6) is 5.75 Å². The number of phenols is 1. The quantitative estimate of drug-likeness (QED) is 0.695. The smallest absolute Gasteiger partial charge is 0.508 e. The first kappa shape index (κ1) is 14.1. The number of rotatable bonds is 2. The molecule has 0 heterocycles. The van der Waals surface area contributed by atoms with E-state index in [4.69, 9.17) is 14.9 Å². The van der Waals surface area contributed by atoms with Gasteiger partial charge in [0.15, 0.2) is 4.31 Å². The highest BCUT2D eigenvalue weighted by atomic mass is 31.2. The Morgan fingerprint density at radius 3 is 1.80 bits per heavy atom. The first-order valence-corrected chi connectivity index (χ1v) is 5.94. The van der Waals surface area contributed by atoms with Crippen molar-refractivity contribution in [3.63, 3.8) is 0 Å². The van der Waals surface area contributed by atoms with Crippen LogP contribution in [0.3, 0.4) is 0 Å². The molecule has 0 aliphatic heterocycles. The number of para-hydroxylation sites is 1. The lowest BCUT2D eigenvalue weighted by Crippen LogP contribution is -1.68. The number of phenolic OH excluding ortho intramolecular Hbond substituents is 1. The van der Waals surface area contributed by atoms with Gasteiger partial charge >= 0.3 is 16.5 Å². The zero-order valence-electron chi connectivity index (χ0n) is 7.77. The Hall–Kier alpha value is -0.900.